The Hall–Kier alpha value is -2.56. The highest BCUT2D eigenvalue weighted by molar-refractivity contribution is 6.04. The largest absolute Gasteiger partial charge is 0.494 e. The zero-order valence-corrected chi connectivity index (χ0v) is 14.9. The van der Waals surface area contributed by atoms with E-state index in [2.05, 4.69) is 22.1 Å². The van der Waals surface area contributed by atoms with Crippen LogP contribution in [0.4, 0.5) is 11.5 Å². The van der Waals surface area contributed by atoms with E-state index in [1.807, 2.05) is 31.2 Å². The van der Waals surface area contributed by atoms with Crippen molar-refractivity contribution in [3.8, 4) is 5.75 Å². The number of carbonyl (C=O) groups excluding carboxylic acids is 1. The summed E-state index contributed by atoms with van der Waals surface area (Å²) in [6.45, 7) is 6.88. The molecule has 1 aromatic carbocycles. The Morgan fingerprint density at radius 1 is 1.28 bits per heavy atom. The van der Waals surface area contributed by atoms with Crippen LogP contribution in [0.15, 0.2) is 42.6 Å². The van der Waals surface area contributed by atoms with E-state index in [-0.39, 0.29) is 5.91 Å². The number of ether oxygens (including phenoxy) is 1. The molecular formula is C20H25N3O2. The number of hydrogen-bond donors (Lipinski definition) is 1. The molecule has 0 atom stereocenters. The number of rotatable bonds is 5. The Kier molecular flexibility index (Phi) is 5.53. The number of nitrogens with one attached hydrogen (secondary N) is 1. The summed E-state index contributed by atoms with van der Waals surface area (Å²) in [5.41, 5.74) is 1.26. The summed E-state index contributed by atoms with van der Waals surface area (Å²) in [7, 11) is 0. The zero-order valence-electron chi connectivity index (χ0n) is 14.9. The number of nitrogens with zero attached hydrogens (tertiary/aromatic N) is 2. The third-order valence-corrected chi connectivity index (χ3v) is 4.52. The molecule has 1 saturated heterocycles. The van der Waals surface area contributed by atoms with Crippen molar-refractivity contribution in [2.24, 2.45) is 5.92 Å². The summed E-state index contributed by atoms with van der Waals surface area (Å²) in [5.74, 6) is 2.30. The lowest BCUT2D eigenvalue weighted by Gasteiger charge is -2.31. The average Bonchev–Trinajstić information content (AvgIpc) is 2.64. The SMILES string of the molecule is CCOc1cccc(C(=O)Nc2ccc(N3CCC(C)CC3)nc2)c1. The first-order valence-electron chi connectivity index (χ1n) is 8.91. The summed E-state index contributed by atoms with van der Waals surface area (Å²) in [4.78, 5) is 19.2. The molecule has 0 radical (unpaired) electrons. The maximum atomic E-state index is 12.4. The minimum atomic E-state index is -0.164. The first kappa shape index (κ1) is 17.3. The molecule has 2 heterocycles. The summed E-state index contributed by atoms with van der Waals surface area (Å²) < 4.78 is 5.44. The van der Waals surface area contributed by atoms with Gasteiger partial charge in [0, 0.05) is 18.7 Å². The lowest BCUT2D eigenvalue weighted by Crippen LogP contribution is -2.33. The van der Waals surface area contributed by atoms with Crippen molar-refractivity contribution in [3.63, 3.8) is 0 Å². The van der Waals surface area contributed by atoms with E-state index in [4.69, 9.17) is 4.74 Å². The number of aromatic nitrogens is 1. The Bertz CT molecular complexity index is 707. The van der Waals surface area contributed by atoms with E-state index in [0.29, 0.717) is 23.6 Å². The van der Waals surface area contributed by atoms with Gasteiger partial charge < -0.3 is 15.0 Å². The van der Waals surface area contributed by atoms with E-state index in [9.17, 15) is 4.79 Å². The predicted molar refractivity (Wildman–Crippen MR) is 100 cm³/mol. The highest BCUT2D eigenvalue weighted by atomic mass is 16.5. The van der Waals surface area contributed by atoms with E-state index in [1.165, 1.54) is 12.8 Å². The van der Waals surface area contributed by atoms with Crippen LogP contribution < -0.4 is 15.0 Å². The molecule has 0 aliphatic carbocycles. The number of pyridine rings is 1. The molecule has 1 aromatic heterocycles. The quantitative estimate of drug-likeness (QED) is 0.895. The van der Waals surface area contributed by atoms with Crippen molar-refractivity contribution < 1.29 is 9.53 Å². The van der Waals surface area contributed by atoms with Crippen LogP contribution in [0.5, 0.6) is 5.75 Å². The molecule has 132 valence electrons. The second-order valence-corrected chi connectivity index (χ2v) is 6.49. The van der Waals surface area contributed by atoms with Crippen LogP contribution in [0.1, 0.15) is 37.0 Å². The van der Waals surface area contributed by atoms with Crippen molar-refractivity contribution in [2.45, 2.75) is 26.7 Å². The van der Waals surface area contributed by atoms with Crippen LogP contribution in [-0.2, 0) is 0 Å². The van der Waals surface area contributed by atoms with Crippen LogP contribution >= 0.6 is 0 Å². The van der Waals surface area contributed by atoms with Crippen molar-refractivity contribution in [1.29, 1.82) is 0 Å². The number of carbonyl (C=O) groups is 1. The second-order valence-electron chi connectivity index (χ2n) is 6.49. The fourth-order valence-electron chi connectivity index (χ4n) is 2.98. The summed E-state index contributed by atoms with van der Waals surface area (Å²) in [5, 5.41) is 2.89. The first-order chi connectivity index (χ1) is 12.2. The molecular weight excluding hydrogens is 314 g/mol. The van der Waals surface area contributed by atoms with Crippen molar-refractivity contribution >= 4 is 17.4 Å². The van der Waals surface area contributed by atoms with Crippen LogP contribution in [0.25, 0.3) is 0 Å². The average molecular weight is 339 g/mol. The van der Waals surface area contributed by atoms with E-state index in [0.717, 1.165) is 24.8 Å². The molecule has 0 spiro atoms. The molecule has 25 heavy (non-hydrogen) atoms. The predicted octanol–water partition coefficient (Wildman–Crippen LogP) is 3.97. The second kappa shape index (κ2) is 8.01. The molecule has 0 saturated carbocycles. The minimum absolute atomic E-state index is 0.164. The van der Waals surface area contributed by atoms with Gasteiger partial charge in [0.2, 0.25) is 0 Å². The molecule has 5 heteroatoms. The molecule has 1 aliphatic heterocycles. The fraction of sp³-hybridized carbons (Fsp3) is 0.400. The monoisotopic (exact) mass is 339 g/mol. The summed E-state index contributed by atoms with van der Waals surface area (Å²) >= 11 is 0. The van der Waals surface area contributed by atoms with Gasteiger partial charge in [-0.15, -0.1) is 0 Å². The van der Waals surface area contributed by atoms with Crippen LogP contribution in [0, 0.1) is 5.92 Å². The van der Waals surface area contributed by atoms with Gasteiger partial charge in [-0.1, -0.05) is 13.0 Å². The topological polar surface area (TPSA) is 54.5 Å². The highest BCUT2D eigenvalue weighted by Gasteiger charge is 2.17. The lowest BCUT2D eigenvalue weighted by atomic mass is 9.99. The Labute approximate surface area is 149 Å². The summed E-state index contributed by atoms with van der Waals surface area (Å²) in [6.07, 6.45) is 4.13. The number of piperidine rings is 1. The Morgan fingerprint density at radius 2 is 2.08 bits per heavy atom. The van der Waals surface area contributed by atoms with Gasteiger partial charge in [0.05, 0.1) is 18.5 Å². The minimum Gasteiger partial charge on any atom is -0.494 e. The molecule has 0 unspecified atom stereocenters. The highest BCUT2D eigenvalue weighted by Crippen LogP contribution is 2.22. The van der Waals surface area contributed by atoms with E-state index >= 15 is 0 Å². The molecule has 2 aromatic rings. The molecule has 1 fully saturated rings. The van der Waals surface area contributed by atoms with Gasteiger partial charge in [-0.05, 0) is 56.0 Å². The maximum absolute atomic E-state index is 12.4. The van der Waals surface area contributed by atoms with Gasteiger partial charge in [-0.2, -0.15) is 0 Å². The Balaban J connectivity index is 1.63. The van der Waals surface area contributed by atoms with Gasteiger partial charge in [-0.3, -0.25) is 4.79 Å². The van der Waals surface area contributed by atoms with Gasteiger partial charge >= 0.3 is 0 Å². The number of amides is 1. The third kappa shape index (κ3) is 4.50. The van der Waals surface area contributed by atoms with Crippen LogP contribution in [0.3, 0.4) is 0 Å². The lowest BCUT2D eigenvalue weighted by molar-refractivity contribution is 0.102. The van der Waals surface area contributed by atoms with Crippen molar-refractivity contribution in [1.82, 2.24) is 4.98 Å². The van der Waals surface area contributed by atoms with Gasteiger partial charge in [0.25, 0.3) is 5.91 Å². The molecule has 1 aliphatic rings. The third-order valence-electron chi connectivity index (χ3n) is 4.52. The first-order valence-corrected chi connectivity index (χ1v) is 8.91. The van der Waals surface area contributed by atoms with Gasteiger partial charge in [-0.25, -0.2) is 4.98 Å². The van der Waals surface area contributed by atoms with Gasteiger partial charge in [0.15, 0.2) is 0 Å². The zero-order chi connectivity index (χ0) is 17.6. The smallest absolute Gasteiger partial charge is 0.255 e. The summed E-state index contributed by atoms with van der Waals surface area (Å²) in [6, 6.07) is 11.1. The number of benzene rings is 1. The molecule has 1 amide bonds. The maximum Gasteiger partial charge on any atom is 0.255 e. The normalized spacial score (nSPS) is 15.0. The molecule has 5 nitrogen and oxygen atoms in total. The molecule has 3 rings (SSSR count). The standard InChI is InChI=1S/C20H25N3O2/c1-3-25-18-6-4-5-16(13-18)20(24)22-17-7-8-19(21-14-17)23-11-9-15(2)10-12-23/h4-8,13-15H,3,9-12H2,1-2H3,(H,22,24). The van der Waals surface area contributed by atoms with E-state index < -0.39 is 0 Å². The number of anilines is 2. The van der Waals surface area contributed by atoms with E-state index in [1.54, 1.807) is 18.3 Å². The van der Waals surface area contributed by atoms with Crippen molar-refractivity contribution in [3.05, 3.63) is 48.2 Å². The molecule has 0 bridgehead atoms. The fourth-order valence-corrected chi connectivity index (χ4v) is 2.98. The van der Waals surface area contributed by atoms with Crippen LogP contribution in [-0.4, -0.2) is 30.6 Å². The van der Waals surface area contributed by atoms with Crippen LogP contribution in [0.2, 0.25) is 0 Å². The number of hydrogen-bond acceptors (Lipinski definition) is 4. The Morgan fingerprint density at radius 3 is 2.76 bits per heavy atom. The van der Waals surface area contributed by atoms with Gasteiger partial charge in [0.1, 0.15) is 11.6 Å². The van der Waals surface area contributed by atoms with Crippen molar-refractivity contribution in [2.75, 3.05) is 29.9 Å². The molecule has 1 N–H and O–H groups in total.